The van der Waals surface area contributed by atoms with Crippen molar-refractivity contribution in [3.8, 4) is 0 Å². The molecule has 1 aliphatic rings. The SMILES string of the molecule is CC(C)(C)C(=O)NCC(=O)NC(CC1CC1)C(=O)O. The van der Waals surface area contributed by atoms with Crippen LogP contribution < -0.4 is 10.6 Å². The van der Waals surface area contributed by atoms with E-state index in [2.05, 4.69) is 10.6 Å². The number of carbonyl (C=O) groups excluding carboxylic acids is 2. The van der Waals surface area contributed by atoms with E-state index in [0.717, 1.165) is 12.8 Å². The van der Waals surface area contributed by atoms with Gasteiger partial charge in [-0.3, -0.25) is 9.59 Å². The third-order valence-corrected chi connectivity index (χ3v) is 2.99. The van der Waals surface area contributed by atoms with E-state index in [9.17, 15) is 14.4 Å². The molecule has 2 amide bonds. The zero-order valence-electron chi connectivity index (χ0n) is 11.7. The molecule has 1 atom stereocenters. The normalized spacial score (nSPS) is 16.6. The van der Waals surface area contributed by atoms with E-state index in [1.54, 1.807) is 20.8 Å². The van der Waals surface area contributed by atoms with Crippen LogP contribution in [0.25, 0.3) is 0 Å². The Balaban J connectivity index is 2.35. The number of rotatable bonds is 6. The number of amides is 2. The van der Waals surface area contributed by atoms with E-state index in [4.69, 9.17) is 5.11 Å². The Morgan fingerprint density at radius 1 is 1.26 bits per heavy atom. The van der Waals surface area contributed by atoms with Crippen molar-refractivity contribution in [1.82, 2.24) is 10.6 Å². The zero-order chi connectivity index (χ0) is 14.6. The quantitative estimate of drug-likeness (QED) is 0.655. The van der Waals surface area contributed by atoms with Gasteiger partial charge >= 0.3 is 5.97 Å². The third-order valence-electron chi connectivity index (χ3n) is 2.99. The molecule has 0 heterocycles. The molecule has 1 unspecified atom stereocenters. The zero-order valence-corrected chi connectivity index (χ0v) is 11.7. The molecule has 0 radical (unpaired) electrons. The minimum atomic E-state index is -1.03. The maximum absolute atomic E-state index is 11.6. The molecule has 1 fully saturated rings. The van der Waals surface area contributed by atoms with Gasteiger partial charge in [-0.2, -0.15) is 0 Å². The highest BCUT2D eigenvalue weighted by Crippen LogP contribution is 2.33. The van der Waals surface area contributed by atoms with E-state index in [0.29, 0.717) is 12.3 Å². The largest absolute Gasteiger partial charge is 0.480 e. The van der Waals surface area contributed by atoms with Gasteiger partial charge in [0.05, 0.1) is 6.54 Å². The fourth-order valence-electron chi connectivity index (χ4n) is 1.58. The fraction of sp³-hybridized carbons (Fsp3) is 0.769. The van der Waals surface area contributed by atoms with Gasteiger partial charge in [0.2, 0.25) is 11.8 Å². The summed E-state index contributed by atoms with van der Waals surface area (Å²) >= 11 is 0. The van der Waals surface area contributed by atoms with Crippen LogP contribution in [0.15, 0.2) is 0 Å². The first-order valence-corrected chi connectivity index (χ1v) is 6.50. The topological polar surface area (TPSA) is 95.5 Å². The summed E-state index contributed by atoms with van der Waals surface area (Å²) in [4.78, 5) is 34.2. The average Bonchev–Trinajstić information content (AvgIpc) is 3.07. The smallest absolute Gasteiger partial charge is 0.326 e. The van der Waals surface area contributed by atoms with Gasteiger partial charge in [0.1, 0.15) is 6.04 Å². The molecule has 0 aromatic carbocycles. The molecule has 3 N–H and O–H groups in total. The van der Waals surface area contributed by atoms with Gasteiger partial charge < -0.3 is 15.7 Å². The van der Waals surface area contributed by atoms with Crippen molar-refractivity contribution in [3.05, 3.63) is 0 Å². The molecule has 108 valence electrons. The van der Waals surface area contributed by atoms with Crippen molar-refractivity contribution >= 4 is 17.8 Å². The Bertz CT molecular complexity index is 369. The second-order valence-electron chi connectivity index (χ2n) is 6.07. The third kappa shape index (κ3) is 5.72. The second kappa shape index (κ2) is 6.04. The molecule has 0 aromatic rings. The van der Waals surface area contributed by atoms with Gasteiger partial charge in [-0.15, -0.1) is 0 Å². The predicted molar refractivity (Wildman–Crippen MR) is 69.4 cm³/mol. The monoisotopic (exact) mass is 270 g/mol. The lowest BCUT2D eigenvalue weighted by Crippen LogP contribution is -2.47. The molecule has 19 heavy (non-hydrogen) atoms. The number of hydrogen-bond acceptors (Lipinski definition) is 3. The average molecular weight is 270 g/mol. The molecule has 0 bridgehead atoms. The van der Waals surface area contributed by atoms with E-state index in [-0.39, 0.29) is 12.5 Å². The van der Waals surface area contributed by atoms with Crippen molar-refractivity contribution < 1.29 is 19.5 Å². The van der Waals surface area contributed by atoms with Gasteiger partial charge in [0, 0.05) is 5.41 Å². The molecular formula is C13H22N2O4. The van der Waals surface area contributed by atoms with Crippen molar-refractivity contribution in [2.75, 3.05) is 6.54 Å². The van der Waals surface area contributed by atoms with Crippen LogP contribution in [0.4, 0.5) is 0 Å². The number of carbonyl (C=O) groups is 3. The van der Waals surface area contributed by atoms with Crippen LogP contribution in [0.2, 0.25) is 0 Å². The van der Waals surface area contributed by atoms with Gasteiger partial charge in [-0.05, 0) is 12.3 Å². The highest BCUT2D eigenvalue weighted by molar-refractivity contribution is 5.89. The first kappa shape index (κ1) is 15.5. The van der Waals surface area contributed by atoms with Crippen LogP contribution in [0, 0.1) is 11.3 Å². The summed E-state index contributed by atoms with van der Waals surface area (Å²) in [6, 6.07) is -0.855. The Hall–Kier alpha value is -1.59. The Morgan fingerprint density at radius 2 is 1.84 bits per heavy atom. The lowest BCUT2D eigenvalue weighted by Gasteiger charge is -2.18. The summed E-state index contributed by atoms with van der Waals surface area (Å²) in [5.41, 5.74) is -0.569. The van der Waals surface area contributed by atoms with Crippen molar-refractivity contribution in [2.45, 2.75) is 46.1 Å². The molecule has 6 nitrogen and oxygen atoms in total. The van der Waals surface area contributed by atoms with Crippen molar-refractivity contribution in [2.24, 2.45) is 11.3 Å². The lowest BCUT2D eigenvalue weighted by molar-refractivity contribution is -0.142. The molecule has 0 saturated heterocycles. The number of hydrogen-bond donors (Lipinski definition) is 3. The summed E-state index contributed by atoms with van der Waals surface area (Å²) in [6.07, 6.45) is 2.52. The van der Waals surface area contributed by atoms with Gasteiger partial charge in [0.25, 0.3) is 0 Å². The van der Waals surface area contributed by atoms with E-state index in [1.165, 1.54) is 0 Å². The second-order valence-corrected chi connectivity index (χ2v) is 6.07. The number of carboxylic acid groups (broad SMARTS) is 1. The molecule has 0 aliphatic heterocycles. The minimum Gasteiger partial charge on any atom is -0.480 e. The van der Waals surface area contributed by atoms with Crippen LogP contribution in [-0.2, 0) is 14.4 Å². The molecule has 1 aliphatic carbocycles. The van der Waals surface area contributed by atoms with Gasteiger partial charge in [0.15, 0.2) is 0 Å². The van der Waals surface area contributed by atoms with E-state index in [1.807, 2.05) is 0 Å². The number of carboxylic acids is 1. The lowest BCUT2D eigenvalue weighted by atomic mass is 9.96. The van der Waals surface area contributed by atoms with Crippen LogP contribution in [0.3, 0.4) is 0 Å². The Kier molecular flexibility index (Phi) is 4.91. The maximum Gasteiger partial charge on any atom is 0.326 e. The summed E-state index contributed by atoms with van der Waals surface area (Å²) in [5, 5.41) is 13.9. The van der Waals surface area contributed by atoms with E-state index < -0.39 is 23.3 Å². The highest BCUT2D eigenvalue weighted by Gasteiger charge is 2.30. The maximum atomic E-state index is 11.6. The Morgan fingerprint density at radius 3 is 2.26 bits per heavy atom. The summed E-state index contributed by atoms with van der Waals surface area (Å²) < 4.78 is 0. The number of nitrogens with one attached hydrogen (secondary N) is 2. The highest BCUT2D eigenvalue weighted by atomic mass is 16.4. The molecule has 0 aromatic heterocycles. The van der Waals surface area contributed by atoms with Crippen molar-refractivity contribution in [1.29, 1.82) is 0 Å². The first-order chi connectivity index (χ1) is 8.70. The van der Waals surface area contributed by atoms with E-state index >= 15 is 0 Å². The Labute approximate surface area is 112 Å². The molecule has 0 spiro atoms. The molecular weight excluding hydrogens is 248 g/mol. The summed E-state index contributed by atoms with van der Waals surface area (Å²) in [7, 11) is 0. The molecule has 6 heteroatoms. The number of aliphatic carboxylic acids is 1. The van der Waals surface area contributed by atoms with Crippen LogP contribution in [0.1, 0.15) is 40.0 Å². The standard InChI is InChI=1S/C13H22N2O4/c1-13(2,3)12(19)14-7-10(16)15-9(11(17)18)6-8-4-5-8/h8-9H,4-7H2,1-3H3,(H,14,19)(H,15,16)(H,17,18). The van der Waals surface area contributed by atoms with Crippen molar-refractivity contribution in [3.63, 3.8) is 0 Å². The summed E-state index contributed by atoms with van der Waals surface area (Å²) in [5.74, 6) is -1.32. The van der Waals surface area contributed by atoms with Gasteiger partial charge in [-0.25, -0.2) is 4.79 Å². The molecule has 1 rings (SSSR count). The summed E-state index contributed by atoms with van der Waals surface area (Å²) in [6.45, 7) is 5.04. The van der Waals surface area contributed by atoms with Crippen LogP contribution in [0.5, 0.6) is 0 Å². The van der Waals surface area contributed by atoms with Crippen LogP contribution >= 0.6 is 0 Å². The molecule has 1 saturated carbocycles. The fourth-order valence-corrected chi connectivity index (χ4v) is 1.58. The minimum absolute atomic E-state index is 0.190. The predicted octanol–water partition coefficient (Wildman–Crippen LogP) is 0.518. The first-order valence-electron chi connectivity index (χ1n) is 6.50. The van der Waals surface area contributed by atoms with Crippen LogP contribution in [-0.4, -0.2) is 35.5 Å². The van der Waals surface area contributed by atoms with Gasteiger partial charge in [-0.1, -0.05) is 33.6 Å².